The predicted octanol–water partition coefficient (Wildman–Crippen LogP) is 0.802. The van der Waals surface area contributed by atoms with Crippen molar-refractivity contribution >= 4 is 15.9 Å². The third-order valence-corrected chi connectivity index (χ3v) is 4.74. The predicted molar refractivity (Wildman–Crippen MR) is 85.5 cm³/mol. The van der Waals surface area contributed by atoms with Crippen molar-refractivity contribution in [2.75, 3.05) is 13.1 Å². The molecule has 7 nitrogen and oxygen atoms in total. The van der Waals surface area contributed by atoms with Crippen LogP contribution >= 0.6 is 0 Å². The van der Waals surface area contributed by atoms with Crippen molar-refractivity contribution < 1.29 is 13.2 Å². The Kier molecular flexibility index (Phi) is 5.41. The highest BCUT2D eigenvalue weighted by Crippen LogP contribution is 2.15. The van der Waals surface area contributed by atoms with Crippen molar-refractivity contribution in [3.63, 3.8) is 0 Å². The number of hydrogen-bond donors (Lipinski definition) is 2. The molecule has 0 unspecified atom stereocenters. The number of amides is 1. The molecule has 0 aliphatic rings. The monoisotopic (exact) mass is 334 g/mol. The molecule has 0 aliphatic carbocycles. The minimum atomic E-state index is -3.60. The molecule has 0 spiro atoms. The van der Waals surface area contributed by atoms with Gasteiger partial charge in [-0.15, -0.1) is 0 Å². The van der Waals surface area contributed by atoms with Gasteiger partial charge in [0.2, 0.25) is 10.0 Å². The van der Waals surface area contributed by atoms with Crippen molar-refractivity contribution in [2.24, 2.45) is 0 Å². The summed E-state index contributed by atoms with van der Waals surface area (Å²) in [4.78, 5) is 19.6. The van der Waals surface area contributed by atoms with Crippen molar-refractivity contribution in [1.82, 2.24) is 20.0 Å². The summed E-state index contributed by atoms with van der Waals surface area (Å²) >= 11 is 0. The van der Waals surface area contributed by atoms with Crippen LogP contribution in [0.2, 0.25) is 0 Å². The minimum Gasteiger partial charge on any atom is -0.349 e. The fourth-order valence-electron chi connectivity index (χ4n) is 2.05. The molecule has 2 rings (SSSR count). The lowest BCUT2D eigenvalue weighted by molar-refractivity contribution is 0.0949. The Morgan fingerprint density at radius 3 is 2.61 bits per heavy atom. The molecule has 8 heteroatoms. The minimum absolute atomic E-state index is 0.0850. The third kappa shape index (κ3) is 4.57. The van der Waals surface area contributed by atoms with Crippen LogP contribution in [-0.2, 0) is 10.0 Å². The molecule has 1 aromatic heterocycles. The van der Waals surface area contributed by atoms with Crippen LogP contribution < -0.4 is 10.0 Å². The van der Waals surface area contributed by atoms with Crippen molar-refractivity contribution in [1.29, 1.82) is 0 Å². The zero-order valence-electron chi connectivity index (χ0n) is 12.9. The Labute approximate surface area is 135 Å². The molecule has 2 N–H and O–H groups in total. The molecule has 23 heavy (non-hydrogen) atoms. The Hall–Kier alpha value is -2.32. The fraction of sp³-hybridized carbons (Fsp3) is 0.267. The largest absolute Gasteiger partial charge is 0.349 e. The molecule has 0 radical (unpaired) electrons. The molecule has 0 bridgehead atoms. The van der Waals surface area contributed by atoms with Gasteiger partial charge >= 0.3 is 0 Å². The summed E-state index contributed by atoms with van der Waals surface area (Å²) in [5.41, 5.74) is 1.86. The van der Waals surface area contributed by atoms with E-state index in [9.17, 15) is 13.2 Å². The zero-order valence-corrected chi connectivity index (χ0v) is 13.7. The van der Waals surface area contributed by atoms with E-state index in [4.69, 9.17) is 0 Å². The summed E-state index contributed by atoms with van der Waals surface area (Å²) in [6, 6.07) is 5.13. The normalized spacial score (nSPS) is 11.2. The molecule has 0 saturated heterocycles. The summed E-state index contributed by atoms with van der Waals surface area (Å²) in [5.74, 6) is -0.399. The van der Waals surface area contributed by atoms with Crippen LogP contribution in [0.1, 0.15) is 21.6 Å². The Morgan fingerprint density at radius 1 is 1.17 bits per heavy atom. The second kappa shape index (κ2) is 7.30. The molecular formula is C15H18N4O3S. The van der Waals surface area contributed by atoms with Gasteiger partial charge in [0.05, 0.1) is 11.1 Å². The topological polar surface area (TPSA) is 101 Å². The maximum absolute atomic E-state index is 12.2. The number of sulfonamides is 1. The van der Waals surface area contributed by atoms with E-state index in [1.807, 2.05) is 13.0 Å². The highest BCUT2D eigenvalue weighted by molar-refractivity contribution is 7.89. The molecule has 0 aliphatic heterocycles. The van der Waals surface area contributed by atoms with E-state index in [0.29, 0.717) is 5.56 Å². The van der Waals surface area contributed by atoms with Gasteiger partial charge in [0.25, 0.3) is 5.91 Å². The van der Waals surface area contributed by atoms with Gasteiger partial charge in [0.15, 0.2) is 0 Å². The summed E-state index contributed by atoms with van der Waals surface area (Å²) in [6.45, 7) is 3.89. The van der Waals surface area contributed by atoms with E-state index in [2.05, 4.69) is 20.0 Å². The lowest BCUT2D eigenvalue weighted by Gasteiger charge is -2.10. The van der Waals surface area contributed by atoms with Gasteiger partial charge in [-0.1, -0.05) is 17.7 Å². The third-order valence-electron chi connectivity index (χ3n) is 3.12. The van der Waals surface area contributed by atoms with Crippen LogP contribution in [0, 0.1) is 13.8 Å². The number of nitrogens with one attached hydrogen (secondary N) is 2. The molecule has 1 amide bonds. The number of nitrogens with zero attached hydrogens (tertiary/aromatic N) is 2. The quantitative estimate of drug-likeness (QED) is 0.761. The average molecular weight is 334 g/mol. The summed E-state index contributed by atoms with van der Waals surface area (Å²) < 4.78 is 26.9. The van der Waals surface area contributed by atoms with Crippen LogP contribution in [0.5, 0.6) is 0 Å². The number of hydrogen-bond acceptors (Lipinski definition) is 5. The number of rotatable bonds is 6. The molecule has 0 saturated carbocycles. The molecular weight excluding hydrogens is 316 g/mol. The number of carbonyl (C=O) groups is 1. The van der Waals surface area contributed by atoms with Crippen molar-refractivity contribution in [3.8, 4) is 0 Å². The van der Waals surface area contributed by atoms with E-state index in [-0.39, 0.29) is 23.7 Å². The van der Waals surface area contributed by atoms with Crippen molar-refractivity contribution in [2.45, 2.75) is 18.7 Å². The maximum atomic E-state index is 12.2. The van der Waals surface area contributed by atoms with Gasteiger partial charge in [-0.2, -0.15) is 0 Å². The Bertz CT molecular complexity index is 792. The SMILES string of the molecule is Cc1ccc(S(=O)(=O)NCCNC(=O)c2cnccn2)c(C)c1. The zero-order chi connectivity index (χ0) is 16.9. The molecule has 122 valence electrons. The van der Waals surface area contributed by atoms with E-state index < -0.39 is 15.9 Å². The number of carbonyl (C=O) groups excluding carboxylic acids is 1. The first-order valence-electron chi connectivity index (χ1n) is 7.01. The van der Waals surface area contributed by atoms with Crippen molar-refractivity contribution in [3.05, 3.63) is 53.6 Å². The van der Waals surface area contributed by atoms with E-state index in [1.54, 1.807) is 19.1 Å². The Morgan fingerprint density at radius 2 is 1.96 bits per heavy atom. The van der Waals surface area contributed by atoms with Crippen LogP contribution in [0.3, 0.4) is 0 Å². The van der Waals surface area contributed by atoms with Gasteiger partial charge < -0.3 is 5.32 Å². The second-order valence-electron chi connectivity index (χ2n) is 5.01. The molecule has 1 heterocycles. The molecule has 0 fully saturated rings. The van der Waals surface area contributed by atoms with Crippen LogP contribution in [0.4, 0.5) is 0 Å². The van der Waals surface area contributed by atoms with E-state index in [1.165, 1.54) is 18.6 Å². The first kappa shape index (κ1) is 17.0. The molecule has 0 atom stereocenters. The van der Waals surface area contributed by atoms with Crippen LogP contribution in [0.25, 0.3) is 0 Å². The standard InChI is InChI=1S/C15H18N4O3S/c1-11-3-4-14(12(2)9-11)23(21,22)19-8-7-18-15(20)13-10-16-5-6-17-13/h3-6,9-10,19H,7-8H2,1-2H3,(H,18,20). The van der Waals surface area contributed by atoms with Gasteiger partial charge in [-0.25, -0.2) is 18.1 Å². The highest BCUT2D eigenvalue weighted by atomic mass is 32.2. The van der Waals surface area contributed by atoms with Crippen LogP contribution in [-0.4, -0.2) is 37.4 Å². The average Bonchev–Trinajstić information content (AvgIpc) is 2.52. The lowest BCUT2D eigenvalue weighted by Crippen LogP contribution is -2.35. The summed E-state index contributed by atoms with van der Waals surface area (Å²) in [7, 11) is -3.60. The lowest BCUT2D eigenvalue weighted by atomic mass is 10.2. The second-order valence-corrected chi connectivity index (χ2v) is 6.75. The molecule has 1 aromatic carbocycles. The first-order chi connectivity index (χ1) is 10.9. The summed E-state index contributed by atoms with van der Waals surface area (Å²) in [5, 5.41) is 2.58. The summed E-state index contributed by atoms with van der Waals surface area (Å²) in [6.07, 6.45) is 4.22. The maximum Gasteiger partial charge on any atom is 0.271 e. The molecule has 2 aromatic rings. The van der Waals surface area contributed by atoms with Gasteiger partial charge in [-0.05, 0) is 25.5 Å². The van der Waals surface area contributed by atoms with Gasteiger partial charge in [0, 0.05) is 25.5 Å². The number of benzene rings is 1. The fourth-order valence-corrected chi connectivity index (χ4v) is 3.30. The smallest absolute Gasteiger partial charge is 0.271 e. The number of aryl methyl sites for hydroxylation is 2. The highest BCUT2D eigenvalue weighted by Gasteiger charge is 2.16. The number of aromatic nitrogens is 2. The van der Waals surface area contributed by atoms with E-state index >= 15 is 0 Å². The van der Waals surface area contributed by atoms with Gasteiger partial charge in [-0.3, -0.25) is 9.78 Å². The van der Waals surface area contributed by atoms with Crippen LogP contribution in [0.15, 0.2) is 41.7 Å². The van der Waals surface area contributed by atoms with Gasteiger partial charge in [0.1, 0.15) is 5.69 Å². The first-order valence-corrected chi connectivity index (χ1v) is 8.49. The Balaban J connectivity index is 1.89. The van der Waals surface area contributed by atoms with E-state index in [0.717, 1.165) is 5.56 Å².